The van der Waals surface area contributed by atoms with Gasteiger partial charge in [0.1, 0.15) is 0 Å². The zero-order valence-electron chi connectivity index (χ0n) is 8.98. The number of nitrogens with zero attached hydrogens (tertiary/aromatic N) is 1. The highest BCUT2D eigenvalue weighted by Gasteiger charge is 2.31. The molecule has 0 aromatic carbocycles. The number of aromatic nitrogens is 1. The lowest BCUT2D eigenvalue weighted by molar-refractivity contribution is 0.335. The summed E-state index contributed by atoms with van der Waals surface area (Å²) in [6.45, 7) is 4.04. The van der Waals surface area contributed by atoms with E-state index < -0.39 is 15.6 Å². The largest absolute Gasteiger partial charge is 0.378 e. The molecule has 88 valence electrons. The van der Waals surface area contributed by atoms with Crippen LogP contribution in [-0.4, -0.2) is 20.1 Å². The second kappa shape index (κ2) is 3.67. The van der Waals surface area contributed by atoms with E-state index in [4.69, 9.17) is 0 Å². The Labute approximate surface area is 92.7 Å². The Morgan fingerprint density at radius 2 is 2.12 bits per heavy atom. The fourth-order valence-corrected chi connectivity index (χ4v) is 3.08. The van der Waals surface area contributed by atoms with E-state index in [1.54, 1.807) is 0 Å². The molecule has 1 aromatic rings. The minimum Gasteiger partial charge on any atom is -0.312 e. The van der Waals surface area contributed by atoms with Crippen molar-refractivity contribution in [1.82, 2.24) is 9.88 Å². The molecule has 2 rings (SSSR count). The average molecular weight is 244 g/mol. The van der Waals surface area contributed by atoms with Crippen LogP contribution in [-0.2, 0) is 16.4 Å². The van der Waals surface area contributed by atoms with E-state index in [1.807, 2.05) is 13.8 Å². The summed E-state index contributed by atoms with van der Waals surface area (Å²) < 4.78 is 30.2. The molecule has 0 aliphatic carbocycles. The van der Waals surface area contributed by atoms with Crippen molar-refractivity contribution in [1.29, 1.82) is 0 Å². The quantitative estimate of drug-likeness (QED) is 0.750. The molecule has 0 unspecified atom stereocenters. The van der Waals surface area contributed by atoms with Crippen LogP contribution in [0.4, 0.5) is 0 Å². The zero-order chi connectivity index (χ0) is 11.9. The van der Waals surface area contributed by atoms with Crippen LogP contribution in [0.15, 0.2) is 14.2 Å². The minimum absolute atomic E-state index is 0.0198. The molecule has 0 radical (unpaired) electrons. The Morgan fingerprint density at radius 1 is 1.44 bits per heavy atom. The van der Waals surface area contributed by atoms with E-state index in [0.717, 1.165) is 0 Å². The maximum absolute atomic E-state index is 11.7. The molecule has 1 aromatic heterocycles. The lowest BCUT2D eigenvalue weighted by atomic mass is 10.0. The van der Waals surface area contributed by atoms with Gasteiger partial charge in [-0.2, -0.15) is 0 Å². The maximum Gasteiger partial charge on any atom is 0.378 e. The molecular weight excluding hydrogens is 232 g/mol. The third-order valence-electron chi connectivity index (χ3n) is 2.48. The Kier molecular flexibility index (Phi) is 2.59. The van der Waals surface area contributed by atoms with E-state index in [9.17, 15) is 13.2 Å². The normalized spacial score (nSPS) is 18.4. The van der Waals surface area contributed by atoms with Crippen molar-refractivity contribution in [3.8, 4) is 0 Å². The summed E-state index contributed by atoms with van der Waals surface area (Å²) >= 11 is 0. The predicted molar refractivity (Wildman–Crippen MR) is 55.8 cm³/mol. The van der Waals surface area contributed by atoms with Gasteiger partial charge in [-0.15, -0.1) is 0 Å². The van der Waals surface area contributed by atoms with Gasteiger partial charge in [-0.1, -0.05) is 19.0 Å². The third kappa shape index (κ3) is 1.65. The molecule has 1 aliphatic rings. The Hall–Kier alpha value is -1.21. The Balaban J connectivity index is 2.81. The van der Waals surface area contributed by atoms with Crippen molar-refractivity contribution in [2.75, 3.05) is 6.54 Å². The maximum atomic E-state index is 11.7. The van der Waals surface area contributed by atoms with Crippen LogP contribution in [0.1, 0.15) is 31.0 Å². The fraction of sp³-hybridized carbons (Fsp3) is 0.556. The average Bonchev–Trinajstić information content (AvgIpc) is 2.16. The molecule has 6 nitrogen and oxygen atoms in total. The van der Waals surface area contributed by atoms with Crippen molar-refractivity contribution in [2.45, 2.75) is 31.1 Å². The molecule has 0 saturated carbocycles. The second-order valence-corrected chi connectivity index (χ2v) is 5.67. The fourth-order valence-electron chi connectivity index (χ4n) is 1.78. The van der Waals surface area contributed by atoms with Crippen LogP contribution in [0.5, 0.6) is 0 Å². The number of nitrogens with one attached hydrogen (secondary N) is 1. The van der Waals surface area contributed by atoms with Gasteiger partial charge in [0, 0.05) is 12.1 Å². The molecule has 0 fully saturated rings. The van der Waals surface area contributed by atoms with Gasteiger partial charge in [-0.05, 0) is 12.3 Å². The Bertz CT molecular complexity index is 574. The van der Waals surface area contributed by atoms with Gasteiger partial charge >= 0.3 is 5.63 Å². The highest BCUT2D eigenvalue weighted by atomic mass is 32.2. The van der Waals surface area contributed by atoms with Gasteiger partial charge in [0.25, 0.3) is 0 Å². The van der Waals surface area contributed by atoms with Gasteiger partial charge in [0.2, 0.25) is 10.0 Å². The lowest BCUT2D eigenvalue weighted by Crippen LogP contribution is -2.37. The zero-order valence-corrected chi connectivity index (χ0v) is 9.80. The van der Waals surface area contributed by atoms with Crippen LogP contribution in [0, 0.1) is 0 Å². The third-order valence-corrected chi connectivity index (χ3v) is 4.01. The molecule has 7 heteroatoms. The smallest absolute Gasteiger partial charge is 0.312 e. The number of hydrogen-bond donors (Lipinski definition) is 1. The van der Waals surface area contributed by atoms with Crippen molar-refractivity contribution in [3.63, 3.8) is 0 Å². The van der Waals surface area contributed by atoms with E-state index in [-0.39, 0.29) is 10.8 Å². The first-order chi connectivity index (χ1) is 7.43. The minimum atomic E-state index is -3.72. The molecule has 0 spiro atoms. The first-order valence-electron chi connectivity index (χ1n) is 4.96. The number of fused-ring (bicyclic) bond motifs is 1. The number of hydrogen-bond acceptors (Lipinski definition) is 5. The molecule has 2 heterocycles. The van der Waals surface area contributed by atoms with Crippen LogP contribution >= 0.6 is 0 Å². The van der Waals surface area contributed by atoms with Crippen LogP contribution in [0.3, 0.4) is 0 Å². The van der Waals surface area contributed by atoms with E-state index in [2.05, 4.69) is 14.4 Å². The first kappa shape index (κ1) is 11.3. The summed E-state index contributed by atoms with van der Waals surface area (Å²) in [4.78, 5) is 11.1. The summed E-state index contributed by atoms with van der Waals surface area (Å²) in [6.07, 6.45) is 0.473. The molecule has 0 saturated heterocycles. The molecule has 16 heavy (non-hydrogen) atoms. The van der Waals surface area contributed by atoms with E-state index in [0.29, 0.717) is 24.2 Å². The Morgan fingerprint density at radius 3 is 2.75 bits per heavy atom. The van der Waals surface area contributed by atoms with Gasteiger partial charge in [-0.3, -0.25) is 0 Å². The van der Waals surface area contributed by atoms with Crippen LogP contribution in [0.2, 0.25) is 0 Å². The summed E-state index contributed by atoms with van der Waals surface area (Å²) in [6, 6.07) is 0. The van der Waals surface area contributed by atoms with Gasteiger partial charge in [0.15, 0.2) is 4.90 Å². The second-order valence-electron chi connectivity index (χ2n) is 3.97. The van der Waals surface area contributed by atoms with Gasteiger partial charge < -0.3 is 4.52 Å². The van der Waals surface area contributed by atoms with Crippen LogP contribution in [0.25, 0.3) is 0 Å². The molecule has 0 atom stereocenters. The van der Waals surface area contributed by atoms with Crippen molar-refractivity contribution >= 4 is 10.0 Å². The standard InChI is InChI=1S/C9H12N2O4S/c1-5(2)7-6-3-4-10-16(13,14)8(6)9(12)15-11-7/h5,10H,3-4H2,1-2H3. The molecule has 0 bridgehead atoms. The molecule has 1 N–H and O–H groups in total. The number of sulfonamides is 1. The van der Waals surface area contributed by atoms with E-state index >= 15 is 0 Å². The lowest BCUT2D eigenvalue weighted by Gasteiger charge is -2.18. The molecular formula is C9H12N2O4S. The molecule has 0 amide bonds. The van der Waals surface area contributed by atoms with Crippen molar-refractivity contribution < 1.29 is 12.9 Å². The summed E-state index contributed by atoms with van der Waals surface area (Å²) in [5.41, 5.74) is 0.135. The summed E-state index contributed by atoms with van der Waals surface area (Å²) in [7, 11) is -3.72. The summed E-state index contributed by atoms with van der Waals surface area (Å²) in [5.74, 6) is 0.0198. The van der Waals surface area contributed by atoms with Gasteiger partial charge in [0.05, 0.1) is 5.69 Å². The summed E-state index contributed by atoms with van der Waals surface area (Å²) in [5, 5.41) is 3.68. The van der Waals surface area contributed by atoms with Crippen molar-refractivity contribution in [3.05, 3.63) is 21.7 Å². The highest BCUT2D eigenvalue weighted by molar-refractivity contribution is 7.89. The molecule has 1 aliphatic heterocycles. The monoisotopic (exact) mass is 244 g/mol. The van der Waals surface area contributed by atoms with Crippen molar-refractivity contribution in [2.24, 2.45) is 0 Å². The SMILES string of the molecule is CC(C)c1noc(=O)c2c1CCNS2(=O)=O. The van der Waals surface area contributed by atoms with Crippen LogP contribution < -0.4 is 10.3 Å². The predicted octanol–water partition coefficient (Wildman–Crippen LogP) is -0.00740. The van der Waals surface area contributed by atoms with E-state index in [1.165, 1.54) is 0 Å². The topological polar surface area (TPSA) is 89.3 Å². The van der Waals surface area contributed by atoms with Gasteiger partial charge in [-0.25, -0.2) is 17.9 Å². The first-order valence-corrected chi connectivity index (χ1v) is 6.44. The highest BCUT2D eigenvalue weighted by Crippen LogP contribution is 2.23. The number of rotatable bonds is 1.